The number of para-hydroxylation sites is 2. The van der Waals surface area contributed by atoms with E-state index in [1.807, 2.05) is 18.2 Å². The molecular weight excluding hydrogens is 306 g/mol. The first kappa shape index (κ1) is 13.6. The normalized spacial score (nSPS) is 18.7. The topological polar surface area (TPSA) is 90.5 Å². The van der Waals surface area contributed by atoms with Gasteiger partial charge in [-0.2, -0.15) is 0 Å². The summed E-state index contributed by atoms with van der Waals surface area (Å²) < 4.78 is 3.68. The van der Waals surface area contributed by atoms with Crippen LogP contribution in [0.2, 0.25) is 0 Å². The average molecular weight is 323 g/mol. The minimum absolute atomic E-state index is 0.0952. The molecule has 0 radical (unpaired) electrons. The maximum Gasteiger partial charge on any atom is 0.254 e. The zero-order chi connectivity index (χ0) is 16.1. The number of tetrazole rings is 1. The van der Waals surface area contributed by atoms with Gasteiger partial charge in [-0.15, -0.1) is 5.10 Å². The van der Waals surface area contributed by atoms with Crippen molar-refractivity contribution in [2.45, 2.75) is 37.8 Å². The second-order valence-electron chi connectivity index (χ2n) is 6.72. The van der Waals surface area contributed by atoms with Crippen molar-refractivity contribution in [3.8, 4) is 0 Å². The van der Waals surface area contributed by atoms with Crippen molar-refractivity contribution in [1.82, 2.24) is 29.8 Å². The Morgan fingerprint density at radius 3 is 2.83 bits per heavy atom. The van der Waals surface area contributed by atoms with E-state index in [4.69, 9.17) is 0 Å². The number of imidazole rings is 1. The highest BCUT2D eigenvalue weighted by Crippen LogP contribution is 2.43. The van der Waals surface area contributed by atoms with Crippen LogP contribution in [0.4, 0.5) is 5.95 Å². The molecule has 0 unspecified atom stereocenters. The first-order valence-electron chi connectivity index (χ1n) is 8.26. The molecule has 2 aliphatic carbocycles. The number of nitrogens with one attached hydrogen (secondary N) is 1. The second-order valence-corrected chi connectivity index (χ2v) is 6.72. The molecule has 1 N–H and O–H groups in total. The first-order chi connectivity index (χ1) is 11.8. The number of rotatable bonds is 5. The third kappa shape index (κ3) is 2.10. The van der Waals surface area contributed by atoms with Crippen molar-refractivity contribution in [3.63, 3.8) is 0 Å². The summed E-state index contributed by atoms with van der Waals surface area (Å²) in [5, 5.41) is 14.2. The molecule has 0 bridgehead atoms. The van der Waals surface area contributed by atoms with Crippen molar-refractivity contribution in [3.05, 3.63) is 30.6 Å². The number of fused-ring (bicyclic) bond motifs is 1. The van der Waals surface area contributed by atoms with Crippen LogP contribution in [0, 0.1) is 5.92 Å². The molecule has 1 amide bonds. The van der Waals surface area contributed by atoms with E-state index in [2.05, 4.69) is 36.5 Å². The number of benzene rings is 1. The summed E-state index contributed by atoms with van der Waals surface area (Å²) in [6.07, 6.45) is 5.47. The van der Waals surface area contributed by atoms with Gasteiger partial charge >= 0.3 is 0 Å². The number of hydrogen-bond acceptors (Lipinski definition) is 5. The van der Waals surface area contributed by atoms with Crippen LogP contribution >= 0.6 is 0 Å². The Bertz CT molecular complexity index is 906. The highest BCUT2D eigenvalue weighted by molar-refractivity contribution is 5.98. The van der Waals surface area contributed by atoms with Crippen LogP contribution in [0.1, 0.15) is 25.7 Å². The maximum atomic E-state index is 12.8. The molecule has 2 aromatic heterocycles. The molecule has 0 atom stereocenters. The molecule has 0 aliphatic heterocycles. The number of anilines is 1. The summed E-state index contributed by atoms with van der Waals surface area (Å²) in [5.74, 6) is 1.21. The van der Waals surface area contributed by atoms with Crippen molar-refractivity contribution in [1.29, 1.82) is 0 Å². The minimum Gasteiger partial charge on any atom is -0.310 e. The lowest BCUT2D eigenvalue weighted by Crippen LogP contribution is -2.34. The van der Waals surface area contributed by atoms with Gasteiger partial charge in [0, 0.05) is 6.54 Å². The van der Waals surface area contributed by atoms with E-state index in [1.54, 1.807) is 4.68 Å². The van der Waals surface area contributed by atoms with Gasteiger partial charge in [0.15, 0.2) is 0 Å². The van der Waals surface area contributed by atoms with Gasteiger partial charge in [-0.05, 0) is 54.2 Å². The standard InChI is InChI=1S/C16H17N7O/c24-14(16(7-8-16)23-10-17-20-21-23)19-15-18-12-3-1-2-4-13(12)22(15)9-11-5-6-11/h1-4,10-11H,5-9H2,(H,18,19,24). The number of aromatic nitrogens is 6. The predicted octanol–water partition coefficient (Wildman–Crippen LogP) is 1.56. The van der Waals surface area contributed by atoms with Gasteiger partial charge in [-0.25, -0.2) is 9.67 Å². The summed E-state index contributed by atoms with van der Waals surface area (Å²) in [6, 6.07) is 7.99. The van der Waals surface area contributed by atoms with E-state index in [0.717, 1.165) is 30.4 Å². The van der Waals surface area contributed by atoms with Gasteiger partial charge in [0.05, 0.1) is 11.0 Å². The number of nitrogens with zero attached hydrogens (tertiary/aromatic N) is 6. The second kappa shape index (κ2) is 4.86. The van der Waals surface area contributed by atoms with Crippen molar-refractivity contribution >= 4 is 22.9 Å². The lowest BCUT2D eigenvalue weighted by atomic mass is 10.2. The van der Waals surface area contributed by atoms with E-state index in [-0.39, 0.29) is 5.91 Å². The summed E-state index contributed by atoms with van der Waals surface area (Å²) in [4.78, 5) is 17.5. The van der Waals surface area contributed by atoms with E-state index < -0.39 is 5.54 Å². The number of carbonyl (C=O) groups excluding carboxylic acids is 1. The van der Waals surface area contributed by atoms with Crippen molar-refractivity contribution in [2.24, 2.45) is 5.92 Å². The predicted molar refractivity (Wildman–Crippen MR) is 86.1 cm³/mol. The molecule has 0 saturated heterocycles. The molecule has 122 valence electrons. The molecule has 1 aromatic carbocycles. The zero-order valence-corrected chi connectivity index (χ0v) is 13.1. The lowest BCUT2D eigenvalue weighted by Gasteiger charge is -2.15. The van der Waals surface area contributed by atoms with E-state index in [0.29, 0.717) is 11.9 Å². The molecule has 8 nitrogen and oxygen atoms in total. The van der Waals surface area contributed by atoms with Gasteiger partial charge in [0.1, 0.15) is 11.9 Å². The van der Waals surface area contributed by atoms with Gasteiger partial charge < -0.3 is 4.57 Å². The molecule has 3 aromatic rings. The molecule has 5 rings (SSSR count). The van der Waals surface area contributed by atoms with Crippen LogP contribution in [0.15, 0.2) is 30.6 Å². The van der Waals surface area contributed by atoms with E-state index >= 15 is 0 Å². The highest BCUT2D eigenvalue weighted by Gasteiger charge is 2.53. The fourth-order valence-electron chi connectivity index (χ4n) is 3.17. The monoisotopic (exact) mass is 323 g/mol. The molecule has 2 heterocycles. The van der Waals surface area contributed by atoms with Crippen LogP contribution in [0.3, 0.4) is 0 Å². The summed E-state index contributed by atoms with van der Waals surface area (Å²) in [7, 11) is 0. The number of hydrogen-bond donors (Lipinski definition) is 1. The Morgan fingerprint density at radius 1 is 1.29 bits per heavy atom. The smallest absolute Gasteiger partial charge is 0.254 e. The highest BCUT2D eigenvalue weighted by atomic mass is 16.2. The van der Waals surface area contributed by atoms with Gasteiger partial charge in [-0.1, -0.05) is 12.1 Å². The van der Waals surface area contributed by atoms with Gasteiger partial charge in [0.2, 0.25) is 5.95 Å². The molecular formula is C16H17N7O. The Morgan fingerprint density at radius 2 is 2.12 bits per heavy atom. The molecule has 2 fully saturated rings. The third-order valence-corrected chi connectivity index (χ3v) is 4.95. The Hall–Kier alpha value is -2.77. The third-order valence-electron chi connectivity index (χ3n) is 4.95. The quantitative estimate of drug-likeness (QED) is 0.769. The molecule has 8 heteroatoms. The van der Waals surface area contributed by atoms with Crippen LogP contribution in [-0.2, 0) is 16.9 Å². The fourth-order valence-corrected chi connectivity index (χ4v) is 3.17. The molecule has 2 saturated carbocycles. The van der Waals surface area contributed by atoms with Crippen LogP contribution in [0.25, 0.3) is 11.0 Å². The molecule has 24 heavy (non-hydrogen) atoms. The Balaban J connectivity index is 1.49. The summed E-state index contributed by atoms with van der Waals surface area (Å²) in [6.45, 7) is 0.897. The van der Waals surface area contributed by atoms with E-state index in [1.165, 1.54) is 19.2 Å². The summed E-state index contributed by atoms with van der Waals surface area (Å²) in [5.41, 5.74) is 1.30. The van der Waals surface area contributed by atoms with Gasteiger partial charge in [-0.3, -0.25) is 10.1 Å². The molecule has 2 aliphatic rings. The SMILES string of the molecule is O=C(Nc1nc2ccccc2n1CC1CC1)C1(n2cnnn2)CC1. The molecule has 0 spiro atoms. The first-order valence-corrected chi connectivity index (χ1v) is 8.26. The zero-order valence-electron chi connectivity index (χ0n) is 13.1. The van der Waals surface area contributed by atoms with Crippen LogP contribution in [-0.4, -0.2) is 35.7 Å². The van der Waals surface area contributed by atoms with Crippen molar-refractivity contribution in [2.75, 3.05) is 5.32 Å². The van der Waals surface area contributed by atoms with Crippen molar-refractivity contribution < 1.29 is 4.79 Å². The summed E-state index contributed by atoms with van der Waals surface area (Å²) >= 11 is 0. The maximum absolute atomic E-state index is 12.8. The average Bonchev–Trinajstić information content (AvgIpc) is 3.50. The van der Waals surface area contributed by atoms with Gasteiger partial charge in [0.25, 0.3) is 5.91 Å². The Labute approximate surface area is 137 Å². The fraction of sp³-hybridized carbons (Fsp3) is 0.438. The largest absolute Gasteiger partial charge is 0.310 e. The Kier molecular flexibility index (Phi) is 2.76. The lowest BCUT2D eigenvalue weighted by molar-refractivity contribution is -0.120. The van der Waals surface area contributed by atoms with Crippen LogP contribution in [0.5, 0.6) is 0 Å². The minimum atomic E-state index is -0.661. The van der Waals surface area contributed by atoms with Crippen LogP contribution < -0.4 is 5.32 Å². The van der Waals surface area contributed by atoms with E-state index in [9.17, 15) is 4.79 Å². The number of carbonyl (C=O) groups is 1. The number of amides is 1.